The second-order valence-electron chi connectivity index (χ2n) is 7.07. The molecule has 3 rings (SSSR count). The second-order valence-corrected chi connectivity index (χ2v) is 9.37. The van der Waals surface area contributed by atoms with Crippen LogP contribution in [0.5, 0.6) is 0 Å². The summed E-state index contributed by atoms with van der Waals surface area (Å²) in [7, 11) is -4.09. The van der Waals surface area contributed by atoms with Crippen LogP contribution in [-0.2, 0) is 19.6 Å². The number of rotatable bonds is 8. The zero-order valence-corrected chi connectivity index (χ0v) is 19.7. The van der Waals surface area contributed by atoms with Gasteiger partial charge in [0.25, 0.3) is 10.0 Å². The van der Waals surface area contributed by atoms with Crippen LogP contribution in [0.25, 0.3) is 0 Å². The highest BCUT2D eigenvalue weighted by molar-refractivity contribution is 7.92. The highest BCUT2D eigenvalue weighted by Crippen LogP contribution is 2.27. The van der Waals surface area contributed by atoms with Crippen LogP contribution in [0.4, 0.5) is 11.4 Å². The Morgan fingerprint density at radius 2 is 1.61 bits per heavy atom. The van der Waals surface area contributed by atoms with E-state index in [1.54, 1.807) is 56.3 Å². The molecule has 33 heavy (non-hydrogen) atoms. The lowest BCUT2D eigenvalue weighted by molar-refractivity contribution is -0.114. The third kappa shape index (κ3) is 5.71. The highest BCUT2D eigenvalue weighted by atomic mass is 35.5. The molecule has 0 aliphatic carbocycles. The molecule has 9 heteroatoms. The number of benzene rings is 3. The van der Waals surface area contributed by atoms with Gasteiger partial charge in [0.05, 0.1) is 28.4 Å². The van der Waals surface area contributed by atoms with E-state index in [9.17, 15) is 18.0 Å². The Morgan fingerprint density at radius 1 is 0.970 bits per heavy atom. The molecular weight excluding hydrogens is 464 g/mol. The topological polar surface area (TPSA) is 92.8 Å². The number of anilines is 2. The molecule has 0 aliphatic heterocycles. The molecule has 1 N–H and O–H groups in total. The van der Waals surface area contributed by atoms with Gasteiger partial charge in [0, 0.05) is 5.02 Å². The van der Waals surface area contributed by atoms with Gasteiger partial charge in [0.15, 0.2) is 0 Å². The summed E-state index contributed by atoms with van der Waals surface area (Å²) < 4.78 is 33.0. The summed E-state index contributed by atoms with van der Waals surface area (Å²) in [6.07, 6.45) is 0. The van der Waals surface area contributed by atoms with Crippen molar-refractivity contribution >= 4 is 44.9 Å². The van der Waals surface area contributed by atoms with Crippen molar-refractivity contribution in [2.45, 2.75) is 18.7 Å². The Bertz CT molecular complexity index is 1260. The van der Waals surface area contributed by atoms with Crippen molar-refractivity contribution in [3.63, 3.8) is 0 Å². The normalized spacial score (nSPS) is 11.0. The minimum atomic E-state index is -4.09. The van der Waals surface area contributed by atoms with E-state index in [-0.39, 0.29) is 22.8 Å². The van der Waals surface area contributed by atoms with E-state index in [1.807, 2.05) is 0 Å². The van der Waals surface area contributed by atoms with Crippen molar-refractivity contribution in [2.75, 3.05) is 22.8 Å². The number of nitrogens with one attached hydrogen (secondary N) is 1. The lowest BCUT2D eigenvalue weighted by Crippen LogP contribution is -2.38. The van der Waals surface area contributed by atoms with Crippen molar-refractivity contribution in [1.29, 1.82) is 0 Å². The Hall–Kier alpha value is -3.36. The predicted octanol–water partition coefficient (Wildman–Crippen LogP) is 4.66. The summed E-state index contributed by atoms with van der Waals surface area (Å²) in [5, 5.41) is 3.03. The van der Waals surface area contributed by atoms with Crippen molar-refractivity contribution < 1.29 is 22.7 Å². The number of esters is 1. The van der Waals surface area contributed by atoms with Gasteiger partial charge in [-0.25, -0.2) is 13.2 Å². The van der Waals surface area contributed by atoms with Gasteiger partial charge in [-0.1, -0.05) is 41.9 Å². The number of nitrogens with zero attached hydrogens (tertiary/aromatic N) is 1. The maximum atomic E-state index is 13.5. The Morgan fingerprint density at radius 3 is 2.27 bits per heavy atom. The number of amides is 1. The monoisotopic (exact) mass is 486 g/mol. The Kier molecular flexibility index (Phi) is 7.73. The smallest absolute Gasteiger partial charge is 0.340 e. The van der Waals surface area contributed by atoms with Gasteiger partial charge in [0.1, 0.15) is 6.54 Å². The number of para-hydroxylation sites is 2. The lowest BCUT2D eigenvalue weighted by atomic mass is 10.1. The van der Waals surface area contributed by atoms with Crippen molar-refractivity contribution in [1.82, 2.24) is 0 Å². The van der Waals surface area contributed by atoms with Crippen LogP contribution in [0.1, 0.15) is 22.8 Å². The SMILES string of the molecule is CCOC(=O)c1ccccc1NC(=O)CN(c1ccccc1C)S(=O)(=O)c1ccc(Cl)cc1. The first-order valence-corrected chi connectivity index (χ1v) is 12.0. The summed E-state index contributed by atoms with van der Waals surface area (Å²) in [6, 6.07) is 19.0. The summed E-state index contributed by atoms with van der Waals surface area (Å²) in [4.78, 5) is 25.2. The fraction of sp³-hybridized carbons (Fsp3) is 0.167. The first-order valence-electron chi connectivity index (χ1n) is 10.1. The third-order valence-corrected chi connectivity index (χ3v) is 6.80. The van der Waals surface area contributed by atoms with E-state index < -0.39 is 28.4 Å². The molecule has 3 aromatic rings. The van der Waals surface area contributed by atoms with Gasteiger partial charge in [-0.15, -0.1) is 0 Å². The van der Waals surface area contributed by atoms with Crippen molar-refractivity contribution in [2.24, 2.45) is 0 Å². The lowest BCUT2D eigenvalue weighted by Gasteiger charge is -2.25. The van der Waals surface area contributed by atoms with Crippen LogP contribution < -0.4 is 9.62 Å². The van der Waals surface area contributed by atoms with Crippen LogP contribution >= 0.6 is 11.6 Å². The van der Waals surface area contributed by atoms with E-state index in [0.29, 0.717) is 16.3 Å². The molecule has 1 amide bonds. The molecule has 0 atom stereocenters. The maximum Gasteiger partial charge on any atom is 0.340 e. The molecule has 0 fully saturated rings. The van der Waals surface area contributed by atoms with E-state index in [2.05, 4.69) is 5.32 Å². The summed E-state index contributed by atoms with van der Waals surface area (Å²) >= 11 is 5.91. The van der Waals surface area contributed by atoms with Gasteiger partial charge >= 0.3 is 5.97 Å². The largest absolute Gasteiger partial charge is 0.462 e. The van der Waals surface area contributed by atoms with Gasteiger partial charge in [-0.2, -0.15) is 0 Å². The van der Waals surface area contributed by atoms with Crippen LogP contribution in [0.15, 0.2) is 77.7 Å². The van der Waals surface area contributed by atoms with Crippen LogP contribution in [0.2, 0.25) is 5.02 Å². The minimum Gasteiger partial charge on any atom is -0.462 e. The number of sulfonamides is 1. The summed E-state index contributed by atoms with van der Waals surface area (Å²) in [5.41, 5.74) is 1.45. The number of halogens is 1. The van der Waals surface area contributed by atoms with Crippen molar-refractivity contribution in [3.05, 3.63) is 88.9 Å². The Labute approximate surface area is 198 Å². The molecule has 0 bridgehead atoms. The quantitative estimate of drug-likeness (QED) is 0.467. The fourth-order valence-corrected chi connectivity index (χ4v) is 4.79. The highest BCUT2D eigenvalue weighted by Gasteiger charge is 2.28. The molecule has 0 unspecified atom stereocenters. The number of carbonyl (C=O) groups is 2. The van der Waals surface area contributed by atoms with Crippen LogP contribution in [-0.4, -0.2) is 33.4 Å². The zero-order chi connectivity index (χ0) is 24.0. The first kappa shape index (κ1) is 24.3. The van der Waals surface area contributed by atoms with Gasteiger partial charge < -0.3 is 10.1 Å². The molecule has 0 aliphatic rings. The van der Waals surface area contributed by atoms with Crippen LogP contribution in [0.3, 0.4) is 0 Å². The number of hydrogen-bond donors (Lipinski definition) is 1. The van der Waals surface area contributed by atoms with Gasteiger partial charge in [0.2, 0.25) is 5.91 Å². The molecule has 0 radical (unpaired) electrons. The molecule has 0 aromatic heterocycles. The molecule has 7 nitrogen and oxygen atoms in total. The second kappa shape index (κ2) is 10.5. The van der Waals surface area contributed by atoms with Gasteiger partial charge in [-0.3, -0.25) is 9.10 Å². The standard InChI is InChI=1S/C24H23ClN2O5S/c1-3-32-24(29)20-9-5-6-10-21(20)26-23(28)16-27(22-11-7-4-8-17(22)2)33(30,31)19-14-12-18(25)13-15-19/h4-15H,3,16H2,1-2H3,(H,26,28). The fourth-order valence-electron chi connectivity index (χ4n) is 3.18. The van der Waals surface area contributed by atoms with E-state index in [0.717, 1.165) is 4.31 Å². The number of aryl methyl sites for hydroxylation is 1. The average Bonchev–Trinajstić information content (AvgIpc) is 2.79. The molecular formula is C24H23ClN2O5S. The summed E-state index contributed by atoms with van der Waals surface area (Å²) in [6.45, 7) is 3.11. The van der Waals surface area contributed by atoms with E-state index in [1.165, 1.54) is 30.3 Å². The van der Waals surface area contributed by atoms with E-state index in [4.69, 9.17) is 16.3 Å². The minimum absolute atomic E-state index is 0.00474. The predicted molar refractivity (Wildman–Crippen MR) is 128 cm³/mol. The van der Waals surface area contributed by atoms with Crippen LogP contribution in [0, 0.1) is 6.92 Å². The Balaban J connectivity index is 1.95. The number of ether oxygens (including phenoxy) is 1. The molecule has 0 spiro atoms. The molecule has 3 aromatic carbocycles. The zero-order valence-electron chi connectivity index (χ0n) is 18.1. The molecule has 172 valence electrons. The average molecular weight is 487 g/mol. The third-order valence-electron chi connectivity index (χ3n) is 4.77. The summed E-state index contributed by atoms with van der Waals surface area (Å²) in [5.74, 6) is -1.20. The van der Waals surface area contributed by atoms with E-state index >= 15 is 0 Å². The number of hydrogen-bond acceptors (Lipinski definition) is 5. The van der Waals surface area contributed by atoms with Gasteiger partial charge in [-0.05, 0) is 61.9 Å². The van der Waals surface area contributed by atoms with Crippen molar-refractivity contribution in [3.8, 4) is 0 Å². The molecule has 0 saturated carbocycles. The number of carbonyl (C=O) groups excluding carboxylic acids is 2. The first-order chi connectivity index (χ1) is 15.7. The molecule has 0 saturated heterocycles. The molecule has 0 heterocycles. The maximum absolute atomic E-state index is 13.5.